The van der Waals surface area contributed by atoms with E-state index in [0.717, 1.165) is 24.5 Å². The number of rotatable bonds is 9. The van der Waals surface area contributed by atoms with Crippen molar-refractivity contribution in [1.82, 2.24) is 0 Å². The van der Waals surface area contributed by atoms with Gasteiger partial charge in [0, 0.05) is 0 Å². The third-order valence-electron chi connectivity index (χ3n) is 3.17. The van der Waals surface area contributed by atoms with E-state index < -0.39 is 0 Å². The number of unbranched alkanes of at least 4 members (excludes halogenated alkanes) is 6. The van der Waals surface area contributed by atoms with Crippen molar-refractivity contribution in [3.8, 4) is 5.75 Å². The summed E-state index contributed by atoms with van der Waals surface area (Å²) >= 11 is 0. The van der Waals surface area contributed by atoms with Crippen LogP contribution in [0.15, 0.2) is 18.2 Å². The van der Waals surface area contributed by atoms with E-state index in [2.05, 4.69) is 6.92 Å². The topological polar surface area (TPSA) is 35.2 Å². The second-order valence-corrected chi connectivity index (χ2v) is 5.01. The van der Waals surface area contributed by atoms with Crippen LogP contribution in [0.3, 0.4) is 0 Å². The molecule has 1 aromatic rings. The molecule has 0 aliphatic heterocycles. The Morgan fingerprint density at radius 2 is 1.67 bits per heavy atom. The Kier molecular flexibility index (Phi) is 7.31. The van der Waals surface area contributed by atoms with Gasteiger partial charge in [0.15, 0.2) is 0 Å². The summed E-state index contributed by atoms with van der Waals surface area (Å²) < 4.78 is 5.69. The van der Waals surface area contributed by atoms with E-state index in [0.29, 0.717) is 0 Å². The van der Waals surface area contributed by atoms with E-state index in [9.17, 15) is 0 Å². The summed E-state index contributed by atoms with van der Waals surface area (Å²) in [5, 5.41) is 0. The van der Waals surface area contributed by atoms with E-state index in [-0.39, 0.29) is 0 Å². The molecule has 0 fully saturated rings. The highest BCUT2D eigenvalue weighted by molar-refractivity contribution is 5.53. The number of nitrogen functional groups attached to an aromatic ring is 1. The first kappa shape index (κ1) is 14.9. The minimum Gasteiger partial charge on any atom is -0.491 e. The number of benzene rings is 1. The average Bonchev–Trinajstić information content (AvgIpc) is 2.35. The molecule has 1 aromatic carbocycles. The Bertz CT molecular complexity index is 336. The third kappa shape index (κ3) is 5.95. The van der Waals surface area contributed by atoms with Crippen LogP contribution in [0.1, 0.15) is 57.4 Å². The van der Waals surface area contributed by atoms with E-state index >= 15 is 0 Å². The van der Waals surface area contributed by atoms with Crippen molar-refractivity contribution in [2.45, 2.75) is 58.8 Å². The molecule has 0 bridgehead atoms. The molecule has 0 spiro atoms. The van der Waals surface area contributed by atoms with Crippen LogP contribution in [0.2, 0.25) is 0 Å². The predicted molar refractivity (Wildman–Crippen MR) is 79.1 cm³/mol. The van der Waals surface area contributed by atoms with Crippen LogP contribution >= 0.6 is 0 Å². The maximum atomic E-state index is 5.89. The monoisotopic (exact) mass is 249 g/mol. The van der Waals surface area contributed by atoms with E-state index in [4.69, 9.17) is 10.5 Å². The van der Waals surface area contributed by atoms with Gasteiger partial charge in [0.1, 0.15) is 5.75 Å². The zero-order chi connectivity index (χ0) is 13.2. The molecular formula is C16H27NO. The van der Waals surface area contributed by atoms with E-state index in [1.807, 2.05) is 25.1 Å². The summed E-state index contributed by atoms with van der Waals surface area (Å²) in [6, 6.07) is 5.96. The summed E-state index contributed by atoms with van der Waals surface area (Å²) in [6.07, 6.45) is 9.14. The molecule has 0 aromatic heterocycles. The summed E-state index contributed by atoms with van der Waals surface area (Å²) in [6.45, 7) is 5.07. The lowest BCUT2D eigenvalue weighted by Gasteiger charge is -2.09. The van der Waals surface area contributed by atoms with Gasteiger partial charge < -0.3 is 10.5 Å². The fourth-order valence-corrected chi connectivity index (χ4v) is 2.04. The normalized spacial score (nSPS) is 10.6. The molecule has 2 nitrogen and oxygen atoms in total. The average molecular weight is 249 g/mol. The van der Waals surface area contributed by atoms with Crippen LogP contribution in [0.25, 0.3) is 0 Å². The van der Waals surface area contributed by atoms with Crippen molar-refractivity contribution in [2.24, 2.45) is 0 Å². The van der Waals surface area contributed by atoms with E-state index in [1.54, 1.807) is 0 Å². The fourth-order valence-electron chi connectivity index (χ4n) is 2.04. The van der Waals surface area contributed by atoms with Crippen molar-refractivity contribution in [3.63, 3.8) is 0 Å². The highest BCUT2D eigenvalue weighted by Gasteiger charge is 1.99. The van der Waals surface area contributed by atoms with Crippen LogP contribution in [-0.4, -0.2) is 6.61 Å². The molecule has 2 heteroatoms. The maximum absolute atomic E-state index is 5.89. The van der Waals surface area contributed by atoms with Crippen LogP contribution in [0.4, 0.5) is 5.69 Å². The Morgan fingerprint density at radius 1 is 1.00 bits per heavy atom. The number of ether oxygens (including phenoxy) is 1. The second-order valence-electron chi connectivity index (χ2n) is 5.01. The lowest BCUT2D eigenvalue weighted by atomic mass is 10.1. The first-order chi connectivity index (χ1) is 8.74. The standard InChI is InChI=1S/C16H27NO/c1-3-4-5-6-7-8-9-12-18-16-11-10-14(2)13-15(16)17/h10-11,13H,3-9,12,17H2,1-2H3. The Labute approximate surface area is 112 Å². The maximum Gasteiger partial charge on any atom is 0.142 e. The Balaban J connectivity index is 2.07. The minimum absolute atomic E-state index is 0.748. The van der Waals surface area contributed by atoms with Crippen molar-refractivity contribution >= 4 is 5.69 Å². The van der Waals surface area contributed by atoms with Crippen LogP contribution in [0, 0.1) is 6.92 Å². The first-order valence-electron chi connectivity index (χ1n) is 7.23. The van der Waals surface area contributed by atoms with Gasteiger partial charge in [-0.05, 0) is 31.0 Å². The number of anilines is 1. The van der Waals surface area contributed by atoms with Gasteiger partial charge in [-0.2, -0.15) is 0 Å². The van der Waals surface area contributed by atoms with Gasteiger partial charge in [0.05, 0.1) is 12.3 Å². The molecule has 1 rings (SSSR count). The van der Waals surface area contributed by atoms with E-state index in [1.165, 1.54) is 44.1 Å². The van der Waals surface area contributed by atoms with Crippen LogP contribution in [-0.2, 0) is 0 Å². The van der Waals surface area contributed by atoms with Crippen molar-refractivity contribution in [1.29, 1.82) is 0 Å². The summed E-state index contributed by atoms with van der Waals surface area (Å²) in [5.41, 5.74) is 7.82. The fraction of sp³-hybridized carbons (Fsp3) is 0.625. The van der Waals surface area contributed by atoms with Crippen molar-refractivity contribution in [2.75, 3.05) is 12.3 Å². The van der Waals surface area contributed by atoms with Crippen LogP contribution < -0.4 is 10.5 Å². The molecule has 0 saturated heterocycles. The predicted octanol–water partition coefficient (Wildman–Crippen LogP) is 4.71. The molecule has 0 aliphatic rings. The van der Waals surface area contributed by atoms with Gasteiger partial charge in [0.25, 0.3) is 0 Å². The molecule has 0 radical (unpaired) electrons. The number of hydrogen-bond donors (Lipinski definition) is 1. The smallest absolute Gasteiger partial charge is 0.142 e. The minimum atomic E-state index is 0.748. The molecule has 2 N–H and O–H groups in total. The molecule has 18 heavy (non-hydrogen) atoms. The van der Waals surface area contributed by atoms with Gasteiger partial charge in [-0.15, -0.1) is 0 Å². The molecule has 0 atom stereocenters. The lowest BCUT2D eigenvalue weighted by molar-refractivity contribution is 0.306. The van der Waals surface area contributed by atoms with Gasteiger partial charge in [-0.1, -0.05) is 51.5 Å². The highest BCUT2D eigenvalue weighted by Crippen LogP contribution is 2.22. The Morgan fingerprint density at radius 3 is 2.33 bits per heavy atom. The zero-order valence-electron chi connectivity index (χ0n) is 11.9. The molecule has 102 valence electrons. The second kappa shape index (κ2) is 8.84. The van der Waals surface area contributed by atoms with Gasteiger partial charge >= 0.3 is 0 Å². The molecule has 0 heterocycles. The summed E-state index contributed by atoms with van der Waals surface area (Å²) in [7, 11) is 0. The molecule has 0 unspecified atom stereocenters. The quantitative estimate of drug-likeness (QED) is 0.508. The largest absolute Gasteiger partial charge is 0.491 e. The first-order valence-corrected chi connectivity index (χ1v) is 7.23. The summed E-state index contributed by atoms with van der Waals surface area (Å²) in [4.78, 5) is 0. The molecular weight excluding hydrogens is 222 g/mol. The third-order valence-corrected chi connectivity index (χ3v) is 3.17. The molecule has 0 amide bonds. The number of nitrogens with two attached hydrogens (primary N) is 1. The van der Waals surface area contributed by atoms with Gasteiger partial charge in [-0.3, -0.25) is 0 Å². The SMILES string of the molecule is CCCCCCCCCOc1ccc(C)cc1N. The number of hydrogen-bond acceptors (Lipinski definition) is 2. The van der Waals surface area contributed by atoms with Crippen molar-refractivity contribution in [3.05, 3.63) is 23.8 Å². The highest BCUT2D eigenvalue weighted by atomic mass is 16.5. The molecule has 0 saturated carbocycles. The van der Waals surface area contributed by atoms with Crippen molar-refractivity contribution < 1.29 is 4.74 Å². The lowest BCUT2D eigenvalue weighted by Crippen LogP contribution is -2.00. The Hall–Kier alpha value is -1.18. The summed E-state index contributed by atoms with van der Waals surface area (Å²) in [5.74, 6) is 0.826. The number of aryl methyl sites for hydroxylation is 1. The van der Waals surface area contributed by atoms with Gasteiger partial charge in [0.2, 0.25) is 0 Å². The van der Waals surface area contributed by atoms with Crippen LogP contribution in [0.5, 0.6) is 5.75 Å². The molecule has 0 aliphatic carbocycles. The van der Waals surface area contributed by atoms with Gasteiger partial charge in [-0.25, -0.2) is 0 Å². The zero-order valence-corrected chi connectivity index (χ0v) is 11.9.